The smallest absolute Gasteiger partial charge is 0.311 e. The minimum absolute atomic E-state index is 0.0963. The molecular weight excluding hydrogens is 427 g/mol. The number of rotatable bonds is 8. The molecule has 1 unspecified atom stereocenters. The van der Waals surface area contributed by atoms with Crippen LogP contribution in [0.15, 0.2) is 73.1 Å². The number of carbonyl (C=O) groups is 1. The summed E-state index contributed by atoms with van der Waals surface area (Å²) >= 11 is 0. The van der Waals surface area contributed by atoms with Crippen LogP contribution in [0.25, 0.3) is 11.0 Å². The third kappa shape index (κ3) is 4.82. The van der Waals surface area contributed by atoms with E-state index < -0.39 is 16.9 Å². The fourth-order valence-electron chi connectivity index (χ4n) is 3.60. The van der Waals surface area contributed by atoms with Gasteiger partial charge >= 0.3 is 5.69 Å². The molecule has 0 fully saturated rings. The summed E-state index contributed by atoms with van der Waals surface area (Å²) in [7, 11) is 0. The topological polar surface area (TPSA) is 99.3 Å². The fourth-order valence-corrected chi connectivity index (χ4v) is 3.60. The number of nitrogens with zero attached hydrogens (tertiary/aromatic N) is 3. The molecule has 0 aliphatic rings. The number of halogens is 1. The lowest BCUT2D eigenvalue weighted by molar-refractivity contribution is -0.385. The molecule has 1 N–H and O–H groups in total. The highest BCUT2D eigenvalue weighted by Gasteiger charge is 2.22. The van der Waals surface area contributed by atoms with Crippen molar-refractivity contribution in [3.05, 3.63) is 100 Å². The molecule has 3 aromatic carbocycles. The SMILES string of the molecule is CCOc1ccc(C(=O)NC(Cn2cnc3ccccc32)c2ccc(F)cc2)cc1[N+](=O)[O-]. The second kappa shape index (κ2) is 9.47. The quantitative estimate of drug-likeness (QED) is 0.312. The molecule has 0 bridgehead atoms. The van der Waals surface area contributed by atoms with Gasteiger partial charge in [-0.1, -0.05) is 24.3 Å². The van der Waals surface area contributed by atoms with E-state index >= 15 is 0 Å². The first-order valence-electron chi connectivity index (χ1n) is 10.3. The molecule has 168 valence electrons. The zero-order valence-corrected chi connectivity index (χ0v) is 17.8. The van der Waals surface area contributed by atoms with E-state index in [0.717, 1.165) is 11.0 Å². The van der Waals surface area contributed by atoms with Crippen LogP contribution in [-0.2, 0) is 6.54 Å². The Morgan fingerprint density at radius 1 is 1.18 bits per heavy atom. The molecule has 4 rings (SSSR count). The Morgan fingerprint density at radius 3 is 2.67 bits per heavy atom. The molecule has 0 aliphatic carbocycles. The maximum Gasteiger partial charge on any atom is 0.311 e. The predicted octanol–water partition coefficient (Wildman–Crippen LogP) is 4.65. The zero-order chi connectivity index (χ0) is 23.4. The Labute approximate surface area is 188 Å². The number of para-hydroxylation sites is 2. The fraction of sp³-hybridized carbons (Fsp3) is 0.167. The van der Waals surface area contributed by atoms with Gasteiger partial charge in [-0.25, -0.2) is 9.37 Å². The first-order valence-corrected chi connectivity index (χ1v) is 10.3. The molecule has 0 aliphatic heterocycles. The lowest BCUT2D eigenvalue weighted by Gasteiger charge is -2.20. The van der Waals surface area contributed by atoms with Gasteiger partial charge in [0.2, 0.25) is 0 Å². The van der Waals surface area contributed by atoms with Crippen molar-refractivity contribution in [2.45, 2.75) is 19.5 Å². The van der Waals surface area contributed by atoms with Crippen LogP contribution in [0.3, 0.4) is 0 Å². The molecule has 33 heavy (non-hydrogen) atoms. The van der Waals surface area contributed by atoms with Crippen LogP contribution >= 0.6 is 0 Å². The van der Waals surface area contributed by atoms with Gasteiger partial charge in [0.25, 0.3) is 5.91 Å². The summed E-state index contributed by atoms with van der Waals surface area (Å²) in [5.41, 5.74) is 2.21. The van der Waals surface area contributed by atoms with Crippen molar-refractivity contribution in [3.8, 4) is 5.75 Å². The molecule has 1 atom stereocenters. The monoisotopic (exact) mass is 448 g/mol. The summed E-state index contributed by atoms with van der Waals surface area (Å²) in [5, 5.41) is 14.3. The molecular formula is C24H21FN4O4. The van der Waals surface area contributed by atoms with Crippen molar-refractivity contribution in [2.24, 2.45) is 0 Å². The average Bonchev–Trinajstić information content (AvgIpc) is 3.22. The Kier molecular flexibility index (Phi) is 6.30. The number of nitro groups is 1. The number of amides is 1. The molecule has 0 radical (unpaired) electrons. The number of carbonyl (C=O) groups excluding carboxylic acids is 1. The van der Waals surface area contributed by atoms with Crippen LogP contribution in [0.5, 0.6) is 5.75 Å². The molecule has 4 aromatic rings. The van der Waals surface area contributed by atoms with E-state index in [9.17, 15) is 19.3 Å². The molecule has 0 saturated heterocycles. The largest absolute Gasteiger partial charge is 0.487 e. The molecule has 0 saturated carbocycles. The summed E-state index contributed by atoms with van der Waals surface area (Å²) < 4.78 is 20.7. The highest BCUT2D eigenvalue weighted by atomic mass is 19.1. The summed E-state index contributed by atoms with van der Waals surface area (Å²) in [6.07, 6.45) is 1.68. The van der Waals surface area contributed by atoms with E-state index in [1.165, 1.54) is 30.3 Å². The number of imidazole rings is 1. The Balaban J connectivity index is 1.65. The molecule has 1 amide bonds. The lowest BCUT2D eigenvalue weighted by atomic mass is 10.1. The highest BCUT2D eigenvalue weighted by Crippen LogP contribution is 2.28. The number of nitro benzene ring substituents is 1. The van der Waals surface area contributed by atoms with Crippen LogP contribution in [-0.4, -0.2) is 27.0 Å². The molecule has 9 heteroatoms. The summed E-state index contributed by atoms with van der Waals surface area (Å²) in [5.74, 6) is -0.794. The van der Waals surface area contributed by atoms with Crippen LogP contribution in [0.2, 0.25) is 0 Å². The van der Waals surface area contributed by atoms with Crippen LogP contribution in [0, 0.1) is 15.9 Å². The van der Waals surface area contributed by atoms with E-state index in [1.807, 2.05) is 28.8 Å². The van der Waals surface area contributed by atoms with Gasteiger partial charge in [-0.05, 0) is 48.9 Å². The summed E-state index contributed by atoms with van der Waals surface area (Å²) in [4.78, 5) is 28.3. The van der Waals surface area contributed by atoms with Gasteiger partial charge in [-0.15, -0.1) is 0 Å². The Hall–Kier alpha value is -4.27. The number of hydrogen-bond donors (Lipinski definition) is 1. The van der Waals surface area contributed by atoms with Crippen LogP contribution in [0.1, 0.15) is 28.9 Å². The third-order valence-corrected chi connectivity index (χ3v) is 5.20. The zero-order valence-electron chi connectivity index (χ0n) is 17.8. The Morgan fingerprint density at radius 2 is 1.94 bits per heavy atom. The first-order chi connectivity index (χ1) is 16.0. The van der Waals surface area contributed by atoms with Crippen molar-refractivity contribution in [1.82, 2.24) is 14.9 Å². The number of benzene rings is 3. The van der Waals surface area contributed by atoms with Gasteiger partial charge in [0.05, 0.1) is 34.9 Å². The van der Waals surface area contributed by atoms with Crippen molar-refractivity contribution in [2.75, 3.05) is 6.61 Å². The maximum absolute atomic E-state index is 13.5. The minimum Gasteiger partial charge on any atom is -0.487 e. The molecule has 0 spiro atoms. The van der Waals surface area contributed by atoms with Gasteiger partial charge in [0, 0.05) is 18.2 Å². The van der Waals surface area contributed by atoms with Gasteiger partial charge in [0.1, 0.15) is 5.82 Å². The van der Waals surface area contributed by atoms with E-state index in [2.05, 4.69) is 10.3 Å². The summed E-state index contributed by atoms with van der Waals surface area (Å²) in [6, 6.07) is 17.0. The van der Waals surface area contributed by atoms with Gasteiger partial charge in [0.15, 0.2) is 5.75 Å². The number of nitrogens with one attached hydrogen (secondary N) is 1. The average molecular weight is 448 g/mol. The van der Waals surface area contributed by atoms with Gasteiger partial charge < -0.3 is 14.6 Å². The lowest BCUT2D eigenvalue weighted by Crippen LogP contribution is -2.31. The second-order valence-corrected chi connectivity index (χ2v) is 7.34. The minimum atomic E-state index is -0.586. The van der Waals surface area contributed by atoms with Crippen LogP contribution < -0.4 is 10.1 Å². The van der Waals surface area contributed by atoms with Crippen molar-refractivity contribution in [3.63, 3.8) is 0 Å². The number of hydrogen-bond acceptors (Lipinski definition) is 5. The normalized spacial score (nSPS) is 11.8. The molecule has 8 nitrogen and oxygen atoms in total. The van der Waals surface area contributed by atoms with Crippen molar-refractivity contribution >= 4 is 22.6 Å². The van der Waals surface area contributed by atoms with Crippen molar-refractivity contribution in [1.29, 1.82) is 0 Å². The molecule has 1 aromatic heterocycles. The Bertz CT molecular complexity index is 1300. The summed E-state index contributed by atoms with van der Waals surface area (Å²) in [6.45, 7) is 2.31. The number of ether oxygens (including phenoxy) is 1. The van der Waals surface area contributed by atoms with E-state index in [-0.39, 0.29) is 29.4 Å². The van der Waals surface area contributed by atoms with Crippen LogP contribution in [0.4, 0.5) is 10.1 Å². The predicted molar refractivity (Wildman–Crippen MR) is 121 cm³/mol. The van der Waals surface area contributed by atoms with E-state index in [1.54, 1.807) is 25.4 Å². The van der Waals surface area contributed by atoms with E-state index in [4.69, 9.17) is 4.74 Å². The van der Waals surface area contributed by atoms with Crippen molar-refractivity contribution < 1.29 is 18.8 Å². The van der Waals surface area contributed by atoms with Gasteiger partial charge in [-0.2, -0.15) is 0 Å². The second-order valence-electron chi connectivity index (χ2n) is 7.34. The number of aromatic nitrogens is 2. The molecule has 1 heterocycles. The highest BCUT2D eigenvalue weighted by molar-refractivity contribution is 5.95. The van der Waals surface area contributed by atoms with E-state index in [0.29, 0.717) is 12.1 Å². The standard InChI is InChI=1S/C24H21FN4O4/c1-2-33-23-12-9-17(13-22(23)29(31)32)24(30)27-20(16-7-10-18(25)11-8-16)14-28-15-26-19-5-3-4-6-21(19)28/h3-13,15,20H,2,14H2,1H3,(H,27,30). The maximum atomic E-state index is 13.5. The third-order valence-electron chi connectivity index (χ3n) is 5.20. The van der Waals surface area contributed by atoms with Gasteiger partial charge in [-0.3, -0.25) is 14.9 Å². The first kappa shape index (κ1) is 21.9. The number of fused-ring (bicyclic) bond motifs is 1.